The zero-order valence-electron chi connectivity index (χ0n) is 19.0. The molecule has 3 aromatic carbocycles. The van der Waals surface area contributed by atoms with Gasteiger partial charge in [0.15, 0.2) is 11.5 Å². The van der Waals surface area contributed by atoms with Crippen LogP contribution in [0.15, 0.2) is 77.2 Å². The minimum absolute atomic E-state index is 0.0179. The van der Waals surface area contributed by atoms with Gasteiger partial charge in [-0.25, -0.2) is 0 Å². The fourth-order valence-corrected chi connectivity index (χ4v) is 4.07. The summed E-state index contributed by atoms with van der Waals surface area (Å²) in [5.41, 5.74) is -1.25. The van der Waals surface area contributed by atoms with Crippen molar-refractivity contribution in [3.8, 4) is 17.6 Å². The van der Waals surface area contributed by atoms with Gasteiger partial charge in [-0.1, -0.05) is 23.7 Å². The maximum Gasteiger partial charge on any atom is 0.416 e. The highest BCUT2D eigenvalue weighted by atomic mass is 35.5. The molecule has 1 N–H and O–H groups in total. The summed E-state index contributed by atoms with van der Waals surface area (Å²) in [6.07, 6.45) is -3.43. The average molecular weight is 551 g/mol. The van der Waals surface area contributed by atoms with E-state index in [4.69, 9.17) is 20.5 Å². The second-order valence-corrected chi connectivity index (χ2v) is 9.32. The zero-order valence-corrected chi connectivity index (χ0v) is 20.6. The van der Waals surface area contributed by atoms with Crippen molar-refractivity contribution in [1.29, 1.82) is 5.26 Å². The summed E-state index contributed by atoms with van der Waals surface area (Å²) in [5, 5.41) is 12.0. The average Bonchev–Trinajstić information content (AvgIpc) is 2.84. The number of ether oxygens (including phenoxy) is 1. The van der Waals surface area contributed by atoms with Crippen molar-refractivity contribution in [3.63, 3.8) is 0 Å². The van der Waals surface area contributed by atoms with Crippen LogP contribution in [0.2, 0.25) is 5.02 Å². The lowest BCUT2D eigenvalue weighted by atomic mass is 10.1. The molecule has 1 amide bonds. The summed E-state index contributed by atoms with van der Waals surface area (Å²) in [6, 6.07) is 15.0. The summed E-state index contributed by atoms with van der Waals surface area (Å²) in [5.74, 6) is -1.06. The fraction of sp³-hybridized carbons (Fsp3) is 0.120. The van der Waals surface area contributed by atoms with Crippen molar-refractivity contribution in [2.75, 3.05) is 11.9 Å². The van der Waals surface area contributed by atoms with E-state index in [0.717, 1.165) is 18.2 Å². The van der Waals surface area contributed by atoms with Gasteiger partial charge >= 0.3 is 16.3 Å². The number of carbonyl (C=O) groups excluding carboxylic acids is 1. The van der Waals surface area contributed by atoms with Gasteiger partial charge in [-0.05, 0) is 73.2 Å². The molecule has 0 bridgehead atoms. The van der Waals surface area contributed by atoms with Crippen LogP contribution in [0.1, 0.15) is 18.1 Å². The van der Waals surface area contributed by atoms with Crippen molar-refractivity contribution in [1.82, 2.24) is 0 Å². The van der Waals surface area contributed by atoms with E-state index in [1.807, 2.05) is 0 Å². The van der Waals surface area contributed by atoms with Crippen LogP contribution in [0.25, 0.3) is 6.08 Å². The molecule has 192 valence electrons. The van der Waals surface area contributed by atoms with Crippen molar-refractivity contribution >= 4 is 39.4 Å². The quantitative estimate of drug-likeness (QED) is 0.207. The van der Waals surface area contributed by atoms with E-state index in [0.29, 0.717) is 5.02 Å². The predicted octanol–water partition coefficient (Wildman–Crippen LogP) is 6.07. The van der Waals surface area contributed by atoms with Gasteiger partial charge in [0.2, 0.25) is 0 Å². The number of rotatable bonds is 8. The van der Waals surface area contributed by atoms with Crippen LogP contribution in [-0.2, 0) is 21.1 Å². The van der Waals surface area contributed by atoms with Gasteiger partial charge in [0, 0.05) is 10.7 Å². The van der Waals surface area contributed by atoms with E-state index < -0.39 is 33.3 Å². The molecule has 0 fully saturated rings. The summed E-state index contributed by atoms with van der Waals surface area (Å²) < 4.78 is 74.7. The zero-order chi connectivity index (χ0) is 27.2. The lowest BCUT2D eigenvalue weighted by Gasteiger charge is -2.13. The van der Waals surface area contributed by atoms with Gasteiger partial charge in [0.1, 0.15) is 16.5 Å². The monoisotopic (exact) mass is 550 g/mol. The Morgan fingerprint density at radius 3 is 2.41 bits per heavy atom. The number of benzene rings is 3. The third kappa shape index (κ3) is 7.25. The van der Waals surface area contributed by atoms with Crippen LogP contribution in [0.4, 0.5) is 18.9 Å². The van der Waals surface area contributed by atoms with Crippen molar-refractivity contribution < 1.29 is 35.3 Å². The first-order chi connectivity index (χ1) is 17.4. The van der Waals surface area contributed by atoms with E-state index >= 15 is 0 Å². The molecule has 12 heteroatoms. The van der Waals surface area contributed by atoms with E-state index in [-0.39, 0.29) is 34.3 Å². The van der Waals surface area contributed by atoms with E-state index in [9.17, 15) is 31.6 Å². The van der Waals surface area contributed by atoms with Crippen LogP contribution in [0, 0.1) is 11.3 Å². The Morgan fingerprint density at radius 1 is 1.08 bits per heavy atom. The Bertz CT molecular complexity index is 1480. The second-order valence-electron chi connectivity index (χ2n) is 7.33. The van der Waals surface area contributed by atoms with Gasteiger partial charge in [-0.15, -0.1) is 0 Å². The van der Waals surface area contributed by atoms with Crippen LogP contribution in [0.3, 0.4) is 0 Å². The largest absolute Gasteiger partial charge is 0.490 e. The number of hydrogen-bond donors (Lipinski definition) is 1. The number of alkyl halides is 3. The molecule has 0 unspecified atom stereocenters. The molecule has 3 aromatic rings. The van der Waals surface area contributed by atoms with Crippen molar-refractivity contribution in [2.45, 2.75) is 18.0 Å². The molecule has 0 spiro atoms. The van der Waals surface area contributed by atoms with E-state index in [1.165, 1.54) is 54.6 Å². The maximum atomic E-state index is 12.9. The number of halogens is 4. The molecule has 37 heavy (non-hydrogen) atoms. The Hall–Kier alpha value is -4.01. The second kappa shape index (κ2) is 11.4. The molecule has 0 aliphatic rings. The third-order valence-corrected chi connectivity index (χ3v) is 6.19. The van der Waals surface area contributed by atoms with Gasteiger partial charge in [0.05, 0.1) is 12.2 Å². The molecule has 7 nitrogen and oxygen atoms in total. The smallest absolute Gasteiger partial charge is 0.416 e. The van der Waals surface area contributed by atoms with Gasteiger partial charge < -0.3 is 14.2 Å². The number of amides is 1. The first kappa shape index (κ1) is 27.6. The highest BCUT2D eigenvalue weighted by Gasteiger charge is 2.30. The lowest BCUT2D eigenvalue weighted by Crippen LogP contribution is -2.14. The molecule has 0 aromatic heterocycles. The Morgan fingerprint density at radius 2 is 1.78 bits per heavy atom. The Labute approximate surface area is 215 Å². The van der Waals surface area contributed by atoms with Crippen molar-refractivity contribution in [2.24, 2.45) is 0 Å². The summed E-state index contributed by atoms with van der Waals surface area (Å²) in [4.78, 5) is 12.4. The minimum atomic E-state index is -4.60. The summed E-state index contributed by atoms with van der Waals surface area (Å²) in [6.45, 7) is 1.80. The highest BCUT2D eigenvalue weighted by Crippen LogP contribution is 2.33. The van der Waals surface area contributed by atoms with Crippen LogP contribution in [0.5, 0.6) is 11.5 Å². The molecule has 0 saturated carbocycles. The van der Waals surface area contributed by atoms with E-state index in [2.05, 4.69) is 5.32 Å². The number of nitrogens with one attached hydrogen (secondary N) is 1. The fourth-order valence-electron chi connectivity index (χ4n) is 3.01. The third-order valence-electron chi connectivity index (χ3n) is 4.69. The molecular formula is C25H18ClF3N2O5S. The van der Waals surface area contributed by atoms with Gasteiger partial charge in [-0.3, -0.25) is 4.79 Å². The summed E-state index contributed by atoms with van der Waals surface area (Å²) in [7, 11) is -4.22. The van der Waals surface area contributed by atoms with Crippen LogP contribution in [-0.4, -0.2) is 20.9 Å². The molecule has 0 saturated heterocycles. The Kier molecular flexibility index (Phi) is 8.47. The van der Waals surface area contributed by atoms with Gasteiger partial charge in [0.25, 0.3) is 5.91 Å². The number of nitriles is 1. The molecule has 0 atom stereocenters. The molecule has 0 aliphatic carbocycles. The van der Waals surface area contributed by atoms with Crippen LogP contribution >= 0.6 is 11.6 Å². The molecule has 3 rings (SSSR count). The van der Waals surface area contributed by atoms with Gasteiger partial charge in [-0.2, -0.15) is 26.9 Å². The molecule has 0 heterocycles. The predicted molar refractivity (Wildman–Crippen MR) is 131 cm³/mol. The topological polar surface area (TPSA) is 105 Å². The molecule has 0 radical (unpaired) electrons. The number of nitrogens with zero attached hydrogens (tertiary/aromatic N) is 1. The minimum Gasteiger partial charge on any atom is -0.490 e. The van der Waals surface area contributed by atoms with E-state index in [1.54, 1.807) is 13.0 Å². The first-order valence-corrected chi connectivity index (χ1v) is 12.3. The first-order valence-electron chi connectivity index (χ1n) is 10.5. The Balaban J connectivity index is 1.86. The highest BCUT2D eigenvalue weighted by molar-refractivity contribution is 7.87. The lowest BCUT2D eigenvalue weighted by molar-refractivity contribution is -0.137. The summed E-state index contributed by atoms with van der Waals surface area (Å²) >= 11 is 5.79. The van der Waals surface area contributed by atoms with Crippen molar-refractivity contribution in [3.05, 3.63) is 88.5 Å². The normalized spacial score (nSPS) is 11.9. The SMILES string of the molecule is CCOc1cc(/C=C(\C#N)C(=O)Nc2cccc(C(F)(F)F)c2)ccc1OS(=O)(=O)c1ccc(Cl)cc1. The number of hydrogen-bond acceptors (Lipinski definition) is 6. The number of carbonyl (C=O) groups is 1. The van der Waals surface area contributed by atoms with Crippen LogP contribution < -0.4 is 14.2 Å². The molecular weight excluding hydrogens is 533 g/mol. The molecule has 0 aliphatic heterocycles. The number of anilines is 1. The maximum absolute atomic E-state index is 12.9. The standard InChI is InChI=1S/C25H18ClF3N2O5S/c1-2-35-23-13-16(6-11-22(23)36-37(33,34)21-9-7-19(26)8-10-21)12-17(15-30)24(32)31-20-5-3-4-18(14-20)25(27,28)29/h3-14H,2H2,1H3,(H,31,32)/b17-12+.